The summed E-state index contributed by atoms with van der Waals surface area (Å²) < 4.78 is 0. The lowest BCUT2D eigenvalue weighted by Crippen LogP contribution is -2.26. The van der Waals surface area contributed by atoms with Gasteiger partial charge in [0.05, 0.1) is 5.60 Å². The first-order valence-electron chi connectivity index (χ1n) is 5.24. The molecule has 0 saturated heterocycles. The molecule has 0 radical (unpaired) electrons. The molecule has 0 aromatic heterocycles. The van der Waals surface area contributed by atoms with Crippen molar-refractivity contribution in [2.75, 3.05) is 0 Å². The number of hydrogen-bond donors (Lipinski definition) is 2. The highest BCUT2D eigenvalue weighted by Crippen LogP contribution is 2.29. The molecule has 0 atom stereocenters. The third-order valence-electron chi connectivity index (χ3n) is 2.79. The second kappa shape index (κ2) is 5.15. The summed E-state index contributed by atoms with van der Waals surface area (Å²) in [5.41, 5.74) is -0.650. The fraction of sp³-hybridized carbons (Fsp3) is 0.727. The van der Waals surface area contributed by atoms with Crippen molar-refractivity contribution in [2.45, 2.75) is 50.5 Å². The van der Waals surface area contributed by atoms with Crippen LogP contribution in [-0.4, -0.2) is 21.8 Å². The molecule has 1 saturated carbocycles. The Bertz CT molecular complexity index is 213. The van der Waals surface area contributed by atoms with E-state index in [4.69, 9.17) is 5.11 Å². The molecule has 0 aromatic carbocycles. The van der Waals surface area contributed by atoms with Crippen molar-refractivity contribution in [2.24, 2.45) is 0 Å². The zero-order chi connectivity index (χ0) is 10.4. The van der Waals surface area contributed by atoms with Gasteiger partial charge in [0, 0.05) is 6.08 Å². The summed E-state index contributed by atoms with van der Waals surface area (Å²) in [6, 6.07) is 0. The number of rotatable bonds is 3. The Hall–Kier alpha value is -0.830. The van der Waals surface area contributed by atoms with Gasteiger partial charge in [-0.2, -0.15) is 0 Å². The number of carboxylic acid groups (broad SMARTS) is 1. The van der Waals surface area contributed by atoms with Gasteiger partial charge in [0.1, 0.15) is 0 Å². The fourth-order valence-electron chi connectivity index (χ4n) is 1.97. The van der Waals surface area contributed by atoms with Crippen molar-refractivity contribution in [1.29, 1.82) is 0 Å². The molecular weight excluding hydrogens is 180 g/mol. The van der Waals surface area contributed by atoms with Crippen LogP contribution in [0.25, 0.3) is 0 Å². The highest BCUT2D eigenvalue weighted by atomic mass is 16.4. The van der Waals surface area contributed by atoms with E-state index in [9.17, 15) is 9.90 Å². The molecule has 0 spiro atoms. The smallest absolute Gasteiger partial charge is 0.327 e. The lowest BCUT2D eigenvalue weighted by atomic mass is 9.91. The van der Waals surface area contributed by atoms with Crippen LogP contribution in [0, 0.1) is 0 Å². The van der Waals surface area contributed by atoms with Gasteiger partial charge in [0.2, 0.25) is 0 Å². The van der Waals surface area contributed by atoms with Gasteiger partial charge in [-0.1, -0.05) is 31.8 Å². The van der Waals surface area contributed by atoms with E-state index in [0.29, 0.717) is 6.42 Å². The minimum atomic E-state index is -0.942. The van der Waals surface area contributed by atoms with Gasteiger partial charge < -0.3 is 10.2 Å². The van der Waals surface area contributed by atoms with Crippen LogP contribution in [0.4, 0.5) is 0 Å². The summed E-state index contributed by atoms with van der Waals surface area (Å²) in [5.74, 6) is -0.942. The van der Waals surface area contributed by atoms with Gasteiger partial charge in [-0.05, 0) is 19.3 Å². The summed E-state index contributed by atoms with van der Waals surface area (Å²) in [5, 5.41) is 18.5. The molecule has 1 rings (SSSR count). The molecule has 0 amide bonds. The van der Waals surface area contributed by atoms with Crippen molar-refractivity contribution in [3.8, 4) is 0 Å². The largest absolute Gasteiger partial charge is 0.478 e. The average molecular weight is 198 g/mol. The molecule has 0 heterocycles. The predicted molar refractivity (Wildman–Crippen MR) is 54.0 cm³/mol. The molecule has 0 unspecified atom stereocenters. The first-order chi connectivity index (χ1) is 6.62. The van der Waals surface area contributed by atoms with E-state index < -0.39 is 11.6 Å². The number of hydrogen-bond acceptors (Lipinski definition) is 2. The zero-order valence-corrected chi connectivity index (χ0v) is 8.41. The van der Waals surface area contributed by atoms with Gasteiger partial charge in [0.15, 0.2) is 0 Å². The molecule has 0 aliphatic heterocycles. The van der Waals surface area contributed by atoms with E-state index in [1.54, 1.807) is 6.08 Å². The molecule has 3 heteroatoms. The first kappa shape index (κ1) is 11.2. The van der Waals surface area contributed by atoms with E-state index in [0.717, 1.165) is 31.8 Å². The van der Waals surface area contributed by atoms with E-state index in [1.165, 1.54) is 12.8 Å². The van der Waals surface area contributed by atoms with Crippen molar-refractivity contribution < 1.29 is 15.0 Å². The van der Waals surface area contributed by atoms with Crippen LogP contribution in [0.1, 0.15) is 44.9 Å². The third-order valence-corrected chi connectivity index (χ3v) is 2.79. The molecule has 0 aromatic rings. The van der Waals surface area contributed by atoms with Crippen molar-refractivity contribution in [3.63, 3.8) is 0 Å². The summed E-state index contributed by atoms with van der Waals surface area (Å²) in [6.45, 7) is 0. The van der Waals surface area contributed by atoms with E-state index in [1.807, 2.05) is 0 Å². The van der Waals surface area contributed by atoms with Crippen LogP contribution in [0.2, 0.25) is 0 Å². The maximum absolute atomic E-state index is 10.2. The minimum absolute atomic E-state index is 0.472. The summed E-state index contributed by atoms with van der Waals surface area (Å²) in [4.78, 5) is 10.2. The lowest BCUT2D eigenvalue weighted by Gasteiger charge is -2.24. The number of carboxylic acids is 1. The predicted octanol–water partition coefficient (Wildman–Crippen LogP) is 2.10. The van der Waals surface area contributed by atoms with Crippen molar-refractivity contribution >= 4 is 5.97 Å². The summed E-state index contributed by atoms with van der Waals surface area (Å²) in [6.07, 6.45) is 9.23. The molecule has 3 nitrogen and oxygen atoms in total. The highest BCUT2D eigenvalue weighted by Gasteiger charge is 2.26. The molecule has 1 aliphatic rings. The molecule has 0 bridgehead atoms. The van der Waals surface area contributed by atoms with E-state index in [-0.39, 0.29) is 0 Å². The van der Waals surface area contributed by atoms with Crippen LogP contribution in [0.3, 0.4) is 0 Å². The minimum Gasteiger partial charge on any atom is -0.478 e. The maximum atomic E-state index is 10.2. The Morgan fingerprint density at radius 2 is 1.79 bits per heavy atom. The Morgan fingerprint density at radius 1 is 1.21 bits per heavy atom. The van der Waals surface area contributed by atoms with E-state index >= 15 is 0 Å². The van der Waals surface area contributed by atoms with Crippen LogP contribution < -0.4 is 0 Å². The van der Waals surface area contributed by atoms with Crippen molar-refractivity contribution in [1.82, 2.24) is 0 Å². The SMILES string of the molecule is O=C(O)/C=C/CC1(O)CCCCCC1. The van der Waals surface area contributed by atoms with Crippen LogP contribution in [0.5, 0.6) is 0 Å². The summed E-state index contributed by atoms with van der Waals surface area (Å²) in [7, 11) is 0. The highest BCUT2D eigenvalue weighted by molar-refractivity contribution is 5.79. The molecule has 14 heavy (non-hydrogen) atoms. The first-order valence-corrected chi connectivity index (χ1v) is 5.24. The molecule has 2 N–H and O–H groups in total. The van der Waals surface area contributed by atoms with Crippen molar-refractivity contribution in [3.05, 3.63) is 12.2 Å². The molecule has 1 aliphatic carbocycles. The lowest BCUT2D eigenvalue weighted by molar-refractivity contribution is -0.131. The van der Waals surface area contributed by atoms with Crippen LogP contribution in [-0.2, 0) is 4.79 Å². The Balaban J connectivity index is 2.42. The van der Waals surface area contributed by atoms with E-state index in [2.05, 4.69) is 0 Å². The Morgan fingerprint density at radius 3 is 2.29 bits per heavy atom. The number of carbonyl (C=O) groups is 1. The van der Waals surface area contributed by atoms with Gasteiger partial charge in [0.25, 0.3) is 0 Å². The van der Waals surface area contributed by atoms with Gasteiger partial charge in [-0.3, -0.25) is 0 Å². The van der Waals surface area contributed by atoms with Crippen LogP contribution in [0.15, 0.2) is 12.2 Å². The monoisotopic (exact) mass is 198 g/mol. The van der Waals surface area contributed by atoms with Gasteiger partial charge in [-0.25, -0.2) is 4.79 Å². The Labute approximate surface area is 84.4 Å². The molecule has 1 fully saturated rings. The standard InChI is InChI=1S/C11H18O3/c12-10(13)6-5-9-11(14)7-3-1-2-4-8-11/h5-6,14H,1-4,7-9H2,(H,12,13)/b6-5+. The fourth-order valence-corrected chi connectivity index (χ4v) is 1.97. The number of aliphatic carboxylic acids is 1. The van der Waals surface area contributed by atoms with Gasteiger partial charge >= 0.3 is 5.97 Å². The zero-order valence-electron chi connectivity index (χ0n) is 8.41. The third kappa shape index (κ3) is 3.92. The number of aliphatic hydroxyl groups is 1. The molecule has 80 valence electrons. The normalized spacial score (nSPS) is 22.1. The second-order valence-electron chi connectivity index (χ2n) is 4.08. The average Bonchev–Trinajstić information content (AvgIpc) is 2.30. The second-order valence-corrected chi connectivity index (χ2v) is 4.08. The topological polar surface area (TPSA) is 57.5 Å². The molecular formula is C11H18O3. The van der Waals surface area contributed by atoms with Crippen LogP contribution >= 0.6 is 0 Å². The van der Waals surface area contributed by atoms with Gasteiger partial charge in [-0.15, -0.1) is 0 Å². The quantitative estimate of drug-likeness (QED) is 0.539. The Kier molecular flexibility index (Phi) is 4.14. The summed E-state index contributed by atoms with van der Waals surface area (Å²) >= 11 is 0. The maximum Gasteiger partial charge on any atom is 0.327 e.